The van der Waals surface area contributed by atoms with Crippen molar-refractivity contribution in [1.29, 1.82) is 0 Å². The molecule has 3 atom stereocenters. The number of carbonyl (C=O) groups is 1. The van der Waals surface area contributed by atoms with Gasteiger partial charge in [0.25, 0.3) is 5.91 Å². The van der Waals surface area contributed by atoms with Crippen LogP contribution in [0.5, 0.6) is 0 Å². The fraction of sp³-hybridized carbons (Fsp3) is 0.278. The van der Waals surface area contributed by atoms with Gasteiger partial charge in [0, 0.05) is 11.3 Å². The standard InChI is InChI=1S/C18H17Cl2NO/c1-11-8-9-15-14(10-11)17(20)16(19)12(2)21(15)18(22)13-6-4-3-5-7-13/h3-10,12,16-17H,1-2H3. The summed E-state index contributed by atoms with van der Waals surface area (Å²) in [6.45, 7) is 3.95. The van der Waals surface area contributed by atoms with Crippen molar-refractivity contribution < 1.29 is 4.79 Å². The molecular formula is C18H17Cl2NO. The first-order valence-electron chi connectivity index (χ1n) is 7.28. The van der Waals surface area contributed by atoms with E-state index in [0.29, 0.717) is 5.56 Å². The van der Waals surface area contributed by atoms with E-state index < -0.39 is 0 Å². The molecule has 1 heterocycles. The van der Waals surface area contributed by atoms with Crippen molar-refractivity contribution in [1.82, 2.24) is 0 Å². The number of anilines is 1. The Balaban J connectivity index is 2.11. The molecule has 2 aromatic carbocycles. The second-order valence-corrected chi connectivity index (χ2v) is 6.66. The lowest BCUT2D eigenvalue weighted by Gasteiger charge is -2.40. The van der Waals surface area contributed by atoms with Gasteiger partial charge in [0.05, 0.1) is 16.8 Å². The van der Waals surface area contributed by atoms with E-state index in [1.807, 2.05) is 62.4 Å². The van der Waals surface area contributed by atoms with E-state index >= 15 is 0 Å². The van der Waals surface area contributed by atoms with Gasteiger partial charge in [-0.2, -0.15) is 0 Å². The Bertz CT molecular complexity index is 701. The molecule has 2 aromatic rings. The van der Waals surface area contributed by atoms with E-state index in [-0.39, 0.29) is 22.7 Å². The van der Waals surface area contributed by atoms with Crippen LogP contribution >= 0.6 is 23.2 Å². The number of halogens is 2. The summed E-state index contributed by atoms with van der Waals surface area (Å²) in [5.74, 6) is -0.0487. The zero-order chi connectivity index (χ0) is 15.9. The number of aryl methyl sites for hydroxylation is 1. The van der Waals surface area contributed by atoms with Crippen molar-refractivity contribution >= 4 is 34.8 Å². The Kier molecular flexibility index (Phi) is 4.16. The number of fused-ring (bicyclic) bond motifs is 1. The van der Waals surface area contributed by atoms with E-state index in [9.17, 15) is 4.79 Å². The SMILES string of the molecule is Cc1ccc2c(c1)C(Cl)C(Cl)C(C)N2C(=O)c1ccccc1. The normalized spacial score (nSPS) is 24.0. The number of hydrogen-bond acceptors (Lipinski definition) is 1. The number of alkyl halides is 2. The average Bonchev–Trinajstić information content (AvgIpc) is 2.54. The molecule has 1 aliphatic rings. The van der Waals surface area contributed by atoms with Gasteiger partial charge in [-0.25, -0.2) is 0 Å². The minimum absolute atomic E-state index is 0.0487. The number of benzene rings is 2. The molecule has 0 N–H and O–H groups in total. The molecule has 2 nitrogen and oxygen atoms in total. The maximum Gasteiger partial charge on any atom is 0.258 e. The monoisotopic (exact) mass is 333 g/mol. The predicted molar refractivity (Wildman–Crippen MR) is 92.1 cm³/mol. The van der Waals surface area contributed by atoms with Crippen molar-refractivity contribution in [3.63, 3.8) is 0 Å². The van der Waals surface area contributed by atoms with E-state index in [1.54, 1.807) is 4.90 Å². The third-order valence-corrected chi connectivity index (χ3v) is 5.38. The third kappa shape index (κ3) is 2.51. The summed E-state index contributed by atoms with van der Waals surface area (Å²) in [5, 5.41) is -0.630. The molecule has 0 aromatic heterocycles. The lowest BCUT2D eigenvalue weighted by molar-refractivity contribution is 0.0975. The minimum atomic E-state index is -0.330. The van der Waals surface area contributed by atoms with Gasteiger partial charge in [0.1, 0.15) is 0 Å². The van der Waals surface area contributed by atoms with Gasteiger partial charge in [-0.3, -0.25) is 4.79 Å². The van der Waals surface area contributed by atoms with Crippen LogP contribution in [-0.2, 0) is 0 Å². The van der Waals surface area contributed by atoms with Crippen LogP contribution in [0.15, 0.2) is 48.5 Å². The van der Waals surface area contributed by atoms with Crippen molar-refractivity contribution in [2.75, 3.05) is 4.90 Å². The summed E-state index contributed by atoms with van der Waals surface area (Å²) >= 11 is 13.0. The molecule has 3 unspecified atom stereocenters. The second kappa shape index (κ2) is 5.94. The number of hydrogen-bond donors (Lipinski definition) is 0. The molecular weight excluding hydrogens is 317 g/mol. The highest BCUT2D eigenvalue weighted by Gasteiger charge is 2.39. The zero-order valence-electron chi connectivity index (χ0n) is 12.5. The molecule has 1 aliphatic heterocycles. The molecule has 22 heavy (non-hydrogen) atoms. The lowest BCUT2D eigenvalue weighted by Crippen LogP contribution is -2.48. The van der Waals surface area contributed by atoms with Crippen LogP contribution in [0.3, 0.4) is 0 Å². The zero-order valence-corrected chi connectivity index (χ0v) is 14.0. The second-order valence-electron chi connectivity index (χ2n) is 5.69. The molecule has 3 rings (SSSR count). The highest BCUT2D eigenvalue weighted by molar-refractivity contribution is 6.32. The number of nitrogens with zero attached hydrogens (tertiary/aromatic N) is 1. The first-order valence-corrected chi connectivity index (χ1v) is 8.15. The highest BCUT2D eigenvalue weighted by atomic mass is 35.5. The Morgan fingerprint density at radius 2 is 1.77 bits per heavy atom. The highest BCUT2D eigenvalue weighted by Crippen LogP contribution is 2.44. The van der Waals surface area contributed by atoms with Gasteiger partial charge in [-0.15, -0.1) is 23.2 Å². The number of rotatable bonds is 1. The summed E-state index contributed by atoms with van der Waals surface area (Å²) in [4.78, 5) is 14.7. The van der Waals surface area contributed by atoms with Gasteiger partial charge < -0.3 is 4.90 Å². The Labute approximate surface area is 140 Å². The molecule has 1 amide bonds. The van der Waals surface area contributed by atoms with Crippen LogP contribution in [0, 0.1) is 6.92 Å². The minimum Gasteiger partial charge on any atom is -0.304 e. The summed E-state index contributed by atoms with van der Waals surface area (Å²) < 4.78 is 0. The van der Waals surface area contributed by atoms with Crippen LogP contribution in [0.2, 0.25) is 0 Å². The smallest absolute Gasteiger partial charge is 0.258 e. The topological polar surface area (TPSA) is 20.3 Å². The van der Waals surface area contributed by atoms with Gasteiger partial charge in [-0.05, 0) is 37.6 Å². The molecule has 0 fully saturated rings. The van der Waals surface area contributed by atoms with E-state index in [0.717, 1.165) is 16.8 Å². The van der Waals surface area contributed by atoms with Gasteiger partial charge in [0.15, 0.2) is 0 Å². The largest absolute Gasteiger partial charge is 0.304 e. The molecule has 0 bridgehead atoms. The Morgan fingerprint density at radius 3 is 2.45 bits per heavy atom. The summed E-state index contributed by atoms with van der Waals surface area (Å²) in [6, 6.07) is 15.0. The summed E-state index contributed by atoms with van der Waals surface area (Å²) in [7, 11) is 0. The fourth-order valence-corrected chi connectivity index (χ4v) is 3.54. The molecule has 0 spiro atoms. The summed E-state index contributed by atoms with van der Waals surface area (Å²) in [5.41, 5.74) is 3.53. The number of amides is 1. The van der Waals surface area contributed by atoms with Crippen molar-refractivity contribution in [2.24, 2.45) is 0 Å². The van der Waals surface area contributed by atoms with Crippen LogP contribution < -0.4 is 4.90 Å². The first kappa shape index (κ1) is 15.4. The fourth-order valence-electron chi connectivity index (χ4n) is 2.91. The maximum atomic E-state index is 12.9. The predicted octanol–water partition coefficient (Wildman–Crippen LogP) is 4.93. The molecule has 0 saturated carbocycles. The van der Waals surface area contributed by atoms with Crippen molar-refractivity contribution in [3.8, 4) is 0 Å². The van der Waals surface area contributed by atoms with Crippen LogP contribution in [0.25, 0.3) is 0 Å². The van der Waals surface area contributed by atoms with Crippen LogP contribution in [0.4, 0.5) is 5.69 Å². The molecule has 114 valence electrons. The van der Waals surface area contributed by atoms with Crippen molar-refractivity contribution in [3.05, 3.63) is 65.2 Å². The Morgan fingerprint density at radius 1 is 1.09 bits per heavy atom. The van der Waals surface area contributed by atoms with E-state index in [4.69, 9.17) is 23.2 Å². The maximum absolute atomic E-state index is 12.9. The first-order chi connectivity index (χ1) is 10.5. The molecule has 4 heteroatoms. The molecule has 0 radical (unpaired) electrons. The van der Waals surface area contributed by atoms with Gasteiger partial charge in [0.2, 0.25) is 0 Å². The Hall–Kier alpha value is -1.51. The molecule has 0 aliphatic carbocycles. The van der Waals surface area contributed by atoms with Gasteiger partial charge >= 0.3 is 0 Å². The average molecular weight is 334 g/mol. The van der Waals surface area contributed by atoms with Crippen molar-refractivity contribution in [2.45, 2.75) is 30.6 Å². The van der Waals surface area contributed by atoms with Gasteiger partial charge in [-0.1, -0.05) is 35.9 Å². The van der Waals surface area contributed by atoms with E-state index in [1.165, 1.54) is 0 Å². The number of carbonyl (C=O) groups excluding carboxylic acids is 1. The van der Waals surface area contributed by atoms with Crippen LogP contribution in [-0.4, -0.2) is 17.3 Å². The van der Waals surface area contributed by atoms with E-state index in [2.05, 4.69) is 0 Å². The van der Waals surface area contributed by atoms with Crippen LogP contribution in [0.1, 0.15) is 33.8 Å². The molecule has 0 saturated heterocycles. The third-order valence-electron chi connectivity index (χ3n) is 4.13. The quantitative estimate of drug-likeness (QED) is 0.677. The lowest BCUT2D eigenvalue weighted by atomic mass is 9.93. The summed E-state index contributed by atoms with van der Waals surface area (Å²) in [6.07, 6.45) is 0.